The first kappa shape index (κ1) is 14.3. The number of piperazine rings is 1. The van der Waals surface area contributed by atoms with Gasteiger partial charge >= 0.3 is 0 Å². The Hall–Kier alpha value is -0.120. The second kappa shape index (κ2) is 5.89. The minimum atomic E-state index is 0.347. The van der Waals surface area contributed by atoms with Gasteiger partial charge in [-0.2, -0.15) is 0 Å². The van der Waals surface area contributed by atoms with Crippen molar-refractivity contribution in [1.82, 2.24) is 14.7 Å². The molecule has 2 fully saturated rings. The highest BCUT2D eigenvalue weighted by Crippen LogP contribution is 2.20. The lowest BCUT2D eigenvalue weighted by Gasteiger charge is -2.43. The third kappa shape index (κ3) is 3.94. The van der Waals surface area contributed by atoms with Gasteiger partial charge in [0.1, 0.15) is 0 Å². The van der Waals surface area contributed by atoms with Gasteiger partial charge in [-0.05, 0) is 59.7 Å². The van der Waals surface area contributed by atoms with Crippen molar-refractivity contribution >= 4 is 0 Å². The largest absolute Gasteiger partial charge is 0.306 e. The van der Waals surface area contributed by atoms with E-state index in [2.05, 4.69) is 42.5 Å². The van der Waals surface area contributed by atoms with Crippen molar-refractivity contribution in [3.05, 3.63) is 0 Å². The monoisotopic (exact) mass is 253 g/mol. The Balaban J connectivity index is 1.70. The Morgan fingerprint density at radius 2 is 1.44 bits per heavy atom. The van der Waals surface area contributed by atoms with Gasteiger partial charge in [-0.25, -0.2) is 0 Å². The molecule has 2 heterocycles. The molecule has 0 radical (unpaired) electrons. The molecule has 2 rings (SSSR count). The van der Waals surface area contributed by atoms with E-state index in [0.717, 1.165) is 5.92 Å². The van der Waals surface area contributed by atoms with Gasteiger partial charge in [-0.1, -0.05) is 0 Å². The fourth-order valence-electron chi connectivity index (χ4n) is 3.21. The first-order chi connectivity index (χ1) is 8.45. The van der Waals surface area contributed by atoms with Crippen LogP contribution in [0.2, 0.25) is 0 Å². The molecule has 3 heteroatoms. The third-order valence-corrected chi connectivity index (χ3v) is 4.68. The van der Waals surface area contributed by atoms with Gasteiger partial charge in [-0.15, -0.1) is 0 Å². The Kier molecular flexibility index (Phi) is 4.68. The van der Waals surface area contributed by atoms with Gasteiger partial charge in [0.25, 0.3) is 0 Å². The number of piperidine rings is 1. The molecule has 2 aliphatic heterocycles. The molecule has 0 amide bonds. The molecular weight excluding hydrogens is 222 g/mol. The van der Waals surface area contributed by atoms with Gasteiger partial charge in [0.05, 0.1) is 0 Å². The summed E-state index contributed by atoms with van der Waals surface area (Å²) in [5.74, 6) is 0.947. The minimum Gasteiger partial charge on any atom is -0.306 e. The fourth-order valence-corrected chi connectivity index (χ4v) is 3.21. The fraction of sp³-hybridized carbons (Fsp3) is 1.00. The van der Waals surface area contributed by atoms with Crippen LogP contribution in [0.25, 0.3) is 0 Å². The summed E-state index contributed by atoms with van der Waals surface area (Å²) in [5.41, 5.74) is 0.347. The van der Waals surface area contributed by atoms with E-state index in [9.17, 15) is 0 Å². The molecule has 0 N–H and O–H groups in total. The molecule has 106 valence electrons. The first-order valence-corrected chi connectivity index (χ1v) is 7.61. The van der Waals surface area contributed by atoms with Crippen molar-refractivity contribution in [2.24, 2.45) is 5.92 Å². The normalized spacial score (nSPS) is 26.7. The smallest absolute Gasteiger partial charge is 0.0126 e. The second-order valence-electron chi connectivity index (χ2n) is 7.21. The van der Waals surface area contributed by atoms with Gasteiger partial charge < -0.3 is 9.80 Å². The van der Waals surface area contributed by atoms with Crippen LogP contribution in [0.5, 0.6) is 0 Å². The maximum atomic E-state index is 2.69. The van der Waals surface area contributed by atoms with Crippen LogP contribution in [0.3, 0.4) is 0 Å². The summed E-state index contributed by atoms with van der Waals surface area (Å²) in [5, 5.41) is 0. The first-order valence-electron chi connectivity index (χ1n) is 7.61. The number of likely N-dealkylation sites (tertiary alicyclic amines) is 1. The van der Waals surface area contributed by atoms with Crippen LogP contribution in [0.1, 0.15) is 33.6 Å². The van der Waals surface area contributed by atoms with Crippen molar-refractivity contribution in [3.8, 4) is 0 Å². The van der Waals surface area contributed by atoms with E-state index in [-0.39, 0.29) is 0 Å². The molecule has 0 aromatic heterocycles. The van der Waals surface area contributed by atoms with Crippen LogP contribution in [0.15, 0.2) is 0 Å². The van der Waals surface area contributed by atoms with E-state index in [1.165, 1.54) is 58.7 Å². The maximum Gasteiger partial charge on any atom is 0.0126 e. The molecule has 3 nitrogen and oxygen atoms in total. The summed E-state index contributed by atoms with van der Waals surface area (Å²) in [7, 11) is 2.25. The molecule has 0 aromatic carbocycles. The molecule has 0 spiro atoms. The van der Waals surface area contributed by atoms with Crippen LogP contribution in [-0.4, -0.2) is 73.1 Å². The van der Waals surface area contributed by atoms with Crippen LogP contribution in [0.4, 0.5) is 0 Å². The highest BCUT2D eigenvalue weighted by atomic mass is 15.3. The van der Waals surface area contributed by atoms with Crippen LogP contribution in [-0.2, 0) is 0 Å². The second-order valence-corrected chi connectivity index (χ2v) is 7.21. The predicted molar refractivity (Wildman–Crippen MR) is 78.0 cm³/mol. The van der Waals surface area contributed by atoms with E-state index >= 15 is 0 Å². The lowest BCUT2D eigenvalue weighted by molar-refractivity contribution is 0.0492. The zero-order valence-electron chi connectivity index (χ0n) is 12.8. The van der Waals surface area contributed by atoms with Gasteiger partial charge in [0, 0.05) is 38.3 Å². The van der Waals surface area contributed by atoms with Crippen LogP contribution in [0, 0.1) is 5.92 Å². The Morgan fingerprint density at radius 3 is 1.94 bits per heavy atom. The van der Waals surface area contributed by atoms with Gasteiger partial charge in [-0.3, -0.25) is 4.90 Å². The highest BCUT2D eigenvalue weighted by molar-refractivity contribution is 4.83. The predicted octanol–water partition coefficient (Wildman–Crippen LogP) is 1.74. The number of rotatable bonds is 2. The molecule has 2 saturated heterocycles. The Bertz CT molecular complexity index is 243. The zero-order valence-corrected chi connectivity index (χ0v) is 12.8. The summed E-state index contributed by atoms with van der Waals surface area (Å²) >= 11 is 0. The maximum absolute atomic E-state index is 2.69. The molecule has 0 atom stereocenters. The molecule has 0 unspecified atom stereocenters. The molecule has 0 bridgehead atoms. The van der Waals surface area contributed by atoms with Gasteiger partial charge in [0.2, 0.25) is 0 Å². The lowest BCUT2D eigenvalue weighted by Crippen LogP contribution is -2.54. The average Bonchev–Trinajstić information content (AvgIpc) is 2.32. The number of hydrogen-bond donors (Lipinski definition) is 0. The van der Waals surface area contributed by atoms with Crippen LogP contribution < -0.4 is 0 Å². The van der Waals surface area contributed by atoms with Crippen molar-refractivity contribution in [2.75, 3.05) is 52.9 Å². The molecule has 0 aromatic rings. The van der Waals surface area contributed by atoms with E-state index in [4.69, 9.17) is 0 Å². The summed E-state index contributed by atoms with van der Waals surface area (Å²) in [6.45, 7) is 16.0. The molecular formula is C15H31N3. The van der Waals surface area contributed by atoms with Crippen molar-refractivity contribution in [2.45, 2.75) is 39.2 Å². The minimum absolute atomic E-state index is 0.347. The molecule has 2 aliphatic rings. The lowest BCUT2D eigenvalue weighted by atomic mass is 9.96. The molecule has 0 saturated carbocycles. The topological polar surface area (TPSA) is 9.72 Å². The third-order valence-electron chi connectivity index (χ3n) is 4.68. The summed E-state index contributed by atoms with van der Waals surface area (Å²) in [4.78, 5) is 7.78. The molecule has 0 aliphatic carbocycles. The zero-order chi connectivity index (χ0) is 13.2. The van der Waals surface area contributed by atoms with Crippen molar-refractivity contribution < 1.29 is 0 Å². The quantitative estimate of drug-likeness (QED) is 0.742. The Morgan fingerprint density at radius 1 is 0.889 bits per heavy atom. The van der Waals surface area contributed by atoms with Crippen LogP contribution >= 0.6 is 0 Å². The summed E-state index contributed by atoms with van der Waals surface area (Å²) < 4.78 is 0. The number of nitrogens with zero attached hydrogens (tertiary/aromatic N) is 3. The average molecular weight is 253 g/mol. The standard InChI is InChI=1S/C15H31N3/c1-15(2,3)18-11-9-17(10-12-18)13-14-5-7-16(4)8-6-14/h14H,5-13H2,1-4H3. The van der Waals surface area contributed by atoms with E-state index < -0.39 is 0 Å². The van der Waals surface area contributed by atoms with E-state index in [1.807, 2.05) is 0 Å². The van der Waals surface area contributed by atoms with Gasteiger partial charge in [0.15, 0.2) is 0 Å². The van der Waals surface area contributed by atoms with Crippen molar-refractivity contribution in [3.63, 3.8) is 0 Å². The summed E-state index contributed by atoms with van der Waals surface area (Å²) in [6, 6.07) is 0. The number of hydrogen-bond acceptors (Lipinski definition) is 3. The highest BCUT2D eigenvalue weighted by Gasteiger charge is 2.27. The molecule has 18 heavy (non-hydrogen) atoms. The SMILES string of the molecule is CN1CCC(CN2CCN(C(C)(C)C)CC2)CC1. The van der Waals surface area contributed by atoms with E-state index in [0.29, 0.717) is 5.54 Å². The summed E-state index contributed by atoms with van der Waals surface area (Å²) in [6.07, 6.45) is 2.80. The van der Waals surface area contributed by atoms with Crippen molar-refractivity contribution in [1.29, 1.82) is 0 Å². The van der Waals surface area contributed by atoms with E-state index in [1.54, 1.807) is 0 Å². The Labute approximate surface area is 113 Å².